The number of carbonyl (C=O) groups is 2. The standard InChI is InChI=1S/C17H13N3O6/c21-16(14-7-8-15(26-14)20(23)24)18-9-1-2-12-3-5-13(6-4-12)19-10-11-25-17(19)22/h3-8H,9-11H2,(H,18,21). The van der Waals surface area contributed by atoms with E-state index >= 15 is 0 Å². The first-order valence-electron chi connectivity index (χ1n) is 7.60. The van der Waals surface area contributed by atoms with Crippen molar-refractivity contribution in [1.82, 2.24) is 5.32 Å². The lowest BCUT2D eigenvalue weighted by atomic mass is 10.2. The van der Waals surface area contributed by atoms with Crippen LogP contribution in [0.5, 0.6) is 0 Å². The summed E-state index contributed by atoms with van der Waals surface area (Å²) in [7, 11) is 0. The summed E-state index contributed by atoms with van der Waals surface area (Å²) in [5.74, 6) is 4.40. The predicted molar refractivity (Wildman–Crippen MR) is 89.7 cm³/mol. The molecule has 0 atom stereocenters. The number of nitrogens with zero attached hydrogens (tertiary/aromatic N) is 2. The number of nitrogens with one attached hydrogen (secondary N) is 1. The molecule has 1 aliphatic heterocycles. The van der Waals surface area contributed by atoms with Gasteiger partial charge < -0.3 is 14.5 Å². The van der Waals surface area contributed by atoms with Crippen LogP contribution in [0.4, 0.5) is 16.4 Å². The van der Waals surface area contributed by atoms with E-state index in [2.05, 4.69) is 17.2 Å². The zero-order valence-electron chi connectivity index (χ0n) is 13.4. The molecule has 1 fully saturated rings. The topological polar surface area (TPSA) is 115 Å². The first kappa shape index (κ1) is 17.0. The molecular weight excluding hydrogens is 342 g/mol. The lowest BCUT2D eigenvalue weighted by molar-refractivity contribution is -0.402. The van der Waals surface area contributed by atoms with E-state index in [0.717, 1.165) is 11.8 Å². The van der Waals surface area contributed by atoms with E-state index in [1.165, 1.54) is 11.0 Å². The fourth-order valence-corrected chi connectivity index (χ4v) is 2.26. The van der Waals surface area contributed by atoms with Gasteiger partial charge in [0.2, 0.25) is 0 Å². The summed E-state index contributed by atoms with van der Waals surface area (Å²) < 4.78 is 9.67. The van der Waals surface area contributed by atoms with Gasteiger partial charge in [-0.1, -0.05) is 11.8 Å². The Hall–Kier alpha value is -3.80. The molecule has 3 rings (SSSR count). The summed E-state index contributed by atoms with van der Waals surface area (Å²) in [5, 5.41) is 13.0. The third-order valence-electron chi connectivity index (χ3n) is 3.51. The summed E-state index contributed by atoms with van der Waals surface area (Å²) in [6.07, 6.45) is -0.371. The van der Waals surface area contributed by atoms with E-state index < -0.39 is 16.7 Å². The molecule has 2 heterocycles. The maximum atomic E-state index is 11.8. The van der Waals surface area contributed by atoms with Crippen molar-refractivity contribution in [2.75, 3.05) is 24.6 Å². The lowest BCUT2D eigenvalue weighted by Crippen LogP contribution is -2.23. The van der Waals surface area contributed by atoms with Crippen LogP contribution < -0.4 is 10.2 Å². The fourth-order valence-electron chi connectivity index (χ4n) is 2.26. The largest absolute Gasteiger partial charge is 0.447 e. The lowest BCUT2D eigenvalue weighted by Gasteiger charge is -2.11. The first-order chi connectivity index (χ1) is 12.5. The van der Waals surface area contributed by atoms with E-state index in [4.69, 9.17) is 9.15 Å². The van der Waals surface area contributed by atoms with Crippen molar-refractivity contribution >= 4 is 23.6 Å². The highest BCUT2D eigenvalue weighted by Crippen LogP contribution is 2.19. The average molecular weight is 355 g/mol. The number of benzene rings is 1. The number of furan rings is 1. The molecule has 132 valence electrons. The van der Waals surface area contributed by atoms with Crippen LogP contribution >= 0.6 is 0 Å². The highest BCUT2D eigenvalue weighted by Gasteiger charge is 2.23. The Bertz CT molecular complexity index is 907. The maximum Gasteiger partial charge on any atom is 0.433 e. The number of amides is 2. The van der Waals surface area contributed by atoms with E-state index in [-0.39, 0.29) is 18.4 Å². The van der Waals surface area contributed by atoms with Crippen LogP contribution in [0.2, 0.25) is 0 Å². The van der Waals surface area contributed by atoms with Crippen molar-refractivity contribution in [2.24, 2.45) is 0 Å². The van der Waals surface area contributed by atoms with Gasteiger partial charge in [0.1, 0.15) is 11.5 Å². The number of cyclic esters (lactones) is 1. The van der Waals surface area contributed by atoms with Crippen LogP contribution in [-0.4, -0.2) is 36.6 Å². The normalized spacial score (nSPS) is 12.9. The van der Waals surface area contributed by atoms with Crippen molar-refractivity contribution < 1.29 is 23.7 Å². The Morgan fingerprint density at radius 3 is 2.65 bits per heavy atom. The molecule has 1 aromatic carbocycles. The van der Waals surface area contributed by atoms with Crippen molar-refractivity contribution in [2.45, 2.75) is 0 Å². The Morgan fingerprint density at radius 1 is 1.27 bits per heavy atom. The van der Waals surface area contributed by atoms with Crippen molar-refractivity contribution in [1.29, 1.82) is 0 Å². The molecule has 1 saturated heterocycles. The van der Waals surface area contributed by atoms with Gasteiger partial charge >= 0.3 is 12.0 Å². The van der Waals surface area contributed by atoms with Gasteiger partial charge in [0.15, 0.2) is 5.76 Å². The molecule has 0 saturated carbocycles. The molecule has 0 unspecified atom stereocenters. The summed E-state index contributed by atoms with van der Waals surface area (Å²) in [6, 6.07) is 9.37. The molecule has 9 nitrogen and oxygen atoms in total. The Kier molecular flexibility index (Phi) is 4.85. The van der Waals surface area contributed by atoms with E-state index in [9.17, 15) is 19.7 Å². The van der Waals surface area contributed by atoms with E-state index in [1.807, 2.05) is 0 Å². The molecular formula is C17H13N3O6. The van der Waals surface area contributed by atoms with Gasteiger partial charge in [0, 0.05) is 11.3 Å². The minimum Gasteiger partial charge on any atom is -0.447 e. The minimum atomic E-state index is -0.720. The first-order valence-corrected chi connectivity index (χ1v) is 7.60. The van der Waals surface area contributed by atoms with Crippen molar-refractivity contribution in [3.8, 4) is 11.8 Å². The average Bonchev–Trinajstić information content (AvgIpc) is 3.28. The molecule has 0 aliphatic carbocycles. The summed E-state index contributed by atoms with van der Waals surface area (Å²) in [6.45, 7) is 0.938. The van der Waals surface area contributed by atoms with E-state index in [1.54, 1.807) is 24.3 Å². The number of hydrogen-bond donors (Lipinski definition) is 1. The molecule has 0 bridgehead atoms. The van der Waals surface area contributed by atoms with Gasteiger partial charge in [-0.25, -0.2) is 4.79 Å². The smallest absolute Gasteiger partial charge is 0.433 e. The van der Waals surface area contributed by atoms with Crippen LogP contribution in [0.3, 0.4) is 0 Å². The number of rotatable bonds is 4. The van der Waals surface area contributed by atoms with Gasteiger partial charge in [0.25, 0.3) is 5.91 Å². The molecule has 1 aromatic heterocycles. The Labute approximate surface area is 147 Å². The summed E-state index contributed by atoms with van der Waals surface area (Å²) in [4.78, 5) is 34.6. The molecule has 2 aromatic rings. The molecule has 26 heavy (non-hydrogen) atoms. The minimum absolute atomic E-state index is 0.0491. The molecule has 1 N–H and O–H groups in total. The highest BCUT2D eigenvalue weighted by molar-refractivity contribution is 5.92. The molecule has 9 heteroatoms. The Balaban J connectivity index is 1.53. The fraction of sp³-hybridized carbons (Fsp3) is 0.176. The van der Waals surface area contributed by atoms with Crippen LogP contribution in [0.1, 0.15) is 16.1 Å². The molecule has 2 amide bonds. The number of nitro groups is 1. The molecule has 0 spiro atoms. The highest BCUT2D eigenvalue weighted by atomic mass is 16.6. The number of hydrogen-bond acceptors (Lipinski definition) is 6. The van der Waals surface area contributed by atoms with Crippen LogP contribution in [0, 0.1) is 22.0 Å². The predicted octanol–water partition coefficient (Wildman–Crippen LogP) is 1.93. The third kappa shape index (κ3) is 3.81. The SMILES string of the molecule is O=C(NCC#Cc1ccc(N2CCOC2=O)cc1)c1ccc([N+](=O)[O-])o1. The van der Waals surface area contributed by atoms with Crippen molar-refractivity contribution in [3.05, 3.63) is 57.8 Å². The van der Waals surface area contributed by atoms with Crippen LogP contribution in [0.15, 0.2) is 40.8 Å². The second-order valence-corrected chi connectivity index (χ2v) is 5.19. The number of ether oxygens (including phenoxy) is 1. The quantitative estimate of drug-likeness (QED) is 0.509. The van der Waals surface area contributed by atoms with Crippen molar-refractivity contribution in [3.63, 3.8) is 0 Å². The van der Waals surface area contributed by atoms with Gasteiger partial charge in [-0.15, -0.1) is 0 Å². The zero-order chi connectivity index (χ0) is 18.5. The van der Waals surface area contributed by atoms with Gasteiger partial charge in [-0.3, -0.25) is 19.8 Å². The third-order valence-corrected chi connectivity index (χ3v) is 3.51. The number of anilines is 1. The van der Waals surface area contributed by atoms with Gasteiger partial charge in [0.05, 0.1) is 19.2 Å². The maximum absolute atomic E-state index is 11.8. The van der Waals surface area contributed by atoms with E-state index in [0.29, 0.717) is 18.7 Å². The monoisotopic (exact) mass is 355 g/mol. The second-order valence-electron chi connectivity index (χ2n) is 5.19. The van der Waals surface area contributed by atoms with Gasteiger partial charge in [-0.2, -0.15) is 0 Å². The summed E-state index contributed by atoms with van der Waals surface area (Å²) >= 11 is 0. The number of carbonyl (C=O) groups excluding carboxylic acids is 2. The molecule has 1 aliphatic rings. The van der Waals surface area contributed by atoms with Crippen LogP contribution in [-0.2, 0) is 4.74 Å². The van der Waals surface area contributed by atoms with Crippen LogP contribution in [0.25, 0.3) is 0 Å². The molecule has 0 radical (unpaired) electrons. The summed E-state index contributed by atoms with van der Waals surface area (Å²) in [5.41, 5.74) is 1.44. The second kappa shape index (κ2) is 7.40. The van der Waals surface area contributed by atoms with Gasteiger partial charge in [-0.05, 0) is 30.3 Å². The zero-order valence-corrected chi connectivity index (χ0v) is 13.4. The Morgan fingerprint density at radius 2 is 2.04 bits per heavy atom.